The number of carbonyl (C=O) groups is 1. The number of rotatable bonds is 5. The number of hydrogen-bond donors (Lipinski definition) is 5. The lowest BCUT2D eigenvalue weighted by Gasteiger charge is -2.36. The smallest absolute Gasteiger partial charge is 0.318 e. The summed E-state index contributed by atoms with van der Waals surface area (Å²) in [7, 11) is -3.35. The Labute approximate surface area is 182 Å². The van der Waals surface area contributed by atoms with Crippen molar-refractivity contribution < 1.29 is 18.6 Å². The van der Waals surface area contributed by atoms with Gasteiger partial charge in [0.15, 0.2) is 5.84 Å². The van der Waals surface area contributed by atoms with Gasteiger partial charge in [0.25, 0.3) is 0 Å². The van der Waals surface area contributed by atoms with Crippen molar-refractivity contribution in [1.29, 1.82) is 0 Å². The number of fused-ring (bicyclic) bond motifs is 1. The average molecular weight is 447 g/mol. The fraction of sp³-hybridized carbons (Fsp3) is 0.350. The van der Waals surface area contributed by atoms with E-state index in [1.54, 1.807) is 30.6 Å². The number of hydrogen-bond acceptors (Lipinski definition) is 8. The van der Waals surface area contributed by atoms with Gasteiger partial charge in [0, 0.05) is 25.5 Å². The number of ether oxygens (including phenoxy) is 1. The standard InChI is InChI=1S/C20H26N6O4S/c21-19-18-16(24-31(28,29)25-19)5-3-6-17(18)30-13-15-4-1-2-11-26(15)20(27)23-12-14-7-9-22-10-8-14/h3,5-10,15,24,28-29H,1-2,4,11-13H2,(H2,21,25)(H,23,27)/t15-/m1/s1. The molecule has 1 atom stereocenters. The van der Waals surface area contributed by atoms with E-state index in [0.717, 1.165) is 24.8 Å². The molecule has 0 aliphatic carbocycles. The zero-order valence-corrected chi connectivity index (χ0v) is 17.7. The zero-order valence-electron chi connectivity index (χ0n) is 16.9. The lowest BCUT2D eigenvalue weighted by Crippen LogP contribution is -2.50. The van der Waals surface area contributed by atoms with Gasteiger partial charge in [-0.3, -0.25) is 18.8 Å². The van der Waals surface area contributed by atoms with Gasteiger partial charge in [0.2, 0.25) is 0 Å². The molecule has 2 amide bonds. The first-order chi connectivity index (χ1) is 14.9. The van der Waals surface area contributed by atoms with Gasteiger partial charge in [-0.05, 0) is 60.1 Å². The number of benzene rings is 1. The Bertz CT molecular complexity index is 971. The first-order valence-electron chi connectivity index (χ1n) is 10.0. The molecule has 11 heteroatoms. The van der Waals surface area contributed by atoms with Crippen molar-refractivity contribution in [3.8, 4) is 5.75 Å². The van der Waals surface area contributed by atoms with Gasteiger partial charge in [0.1, 0.15) is 12.4 Å². The van der Waals surface area contributed by atoms with Crippen molar-refractivity contribution in [2.24, 2.45) is 10.1 Å². The van der Waals surface area contributed by atoms with Crippen LogP contribution in [-0.2, 0) is 6.54 Å². The molecule has 0 bridgehead atoms. The summed E-state index contributed by atoms with van der Waals surface area (Å²) in [6.45, 7) is 1.39. The van der Waals surface area contributed by atoms with Crippen molar-refractivity contribution in [1.82, 2.24) is 15.2 Å². The number of anilines is 1. The SMILES string of the molecule is NC1=NS(O)(O)Nc2cccc(OC[C@H]3CCCCN3C(=O)NCc3ccncc3)c21. The molecular weight excluding hydrogens is 420 g/mol. The Balaban J connectivity index is 1.42. The highest BCUT2D eigenvalue weighted by molar-refractivity contribution is 8.24. The molecule has 4 rings (SSSR count). The summed E-state index contributed by atoms with van der Waals surface area (Å²) in [4.78, 5) is 18.6. The number of nitrogens with two attached hydrogens (primary N) is 1. The van der Waals surface area contributed by atoms with E-state index in [2.05, 4.69) is 19.4 Å². The second-order valence-corrected chi connectivity index (χ2v) is 8.87. The third kappa shape index (κ3) is 5.01. The Morgan fingerprint density at radius 3 is 2.90 bits per heavy atom. The Morgan fingerprint density at radius 2 is 2.10 bits per heavy atom. The van der Waals surface area contributed by atoms with Crippen LogP contribution in [0.15, 0.2) is 47.1 Å². The van der Waals surface area contributed by atoms with Crippen LogP contribution in [0.1, 0.15) is 30.4 Å². The van der Waals surface area contributed by atoms with Crippen LogP contribution in [-0.4, -0.2) is 50.0 Å². The number of amides is 2. The number of nitrogens with one attached hydrogen (secondary N) is 2. The van der Waals surface area contributed by atoms with E-state index in [-0.39, 0.29) is 17.9 Å². The van der Waals surface area contributed by atoms with Gasteiger partial charge in [-0.25, -0.2) is 4.79 Å². The van der Waals surface area contributed by atoms with Crippen molar-refractivity contribution in [2.75, 3.05) is 17.9 Å². The summed E-state index contributed by atoms with van der Waals surface area (Å²) < 4.78 is 32.0. The van der Waals surface area contributed by atoms with Crippen LogP contribution in [0.4, 0.5) is 10.5 Å². The third-order valence-corrected chi connectivity index (χ3v) is 6.21. The number of carbonyl (C=O) groups excluding carboxylic acids is 1. The highest BCUT2D eigenvalue weighted by Gasteiger charge is 2.29. The van der Waals surface area contributed by atoms with E-state index in [1.165, 1.54) is 0 Å². The molecule has 0 radical (unpaired) electrons. The van der Waals surface area contributed by atoms with Crippen LogP contribution in [0.3, 0.4) is 0 Å². The highest BCUT2D eigenvalue weighted by atomic mass is 32.3. The minimum absolute atomic E-state index is 0.0000516. The van der Waals surface area contributed by atoms with Crippen molar-refractivity contribution in [3.05, 3.63) is 53.9 Å². The maximum absolute atomic E-state index is 12.8. The monoisotopic (exact) mass is 446 g/mol. The fourth-order valence-electron chi connectivity index (χ4n) is 3.76. The molecule has 1 aromatic heterocycles. The minimum Gasteiger partial charge on any atom is -0.491 e. The topological polar surface area (TPSA) is 145 Å². The Morgan fingerprint density at radius 1 is 1.29 bits per heavy atom. The van der Waals surface area contributed by atoms with E-state index in [1.807, 2.05) is 17.0 Å². The van der Waals surface area contributed by atoms with E-state index >= 15 is 0 Å². The molecule has 2 aromatic rings. The van der Waals surface area contributed by atoms with Gasteiger partial charge in [-0.2, -0.15) is 0 Å². The zero-order chi connectivity index (χ0) is 21.8. The summed E-state index contributed by atoms with van der Waals surface area (Å²) in [6.07, 6.45) is 6.19. The van der Waals surface area contributed by atoms with Crippen LogP contribution in [0.25, 0.3) is 0 Å². The van der Waals surface area contributed by atoms with Crippen LogP contribution >= 0.6 is 11.0 Å². The number of nitrogens with zero attached hydrogens (tertiary/aromatic N) is 3. The van der Waals surface area contributed by atoms with Gasteiger partial charge in [0.05, 0.1) is 17.3 Å². The highest BCUT2D eigenvalue weighted by Crippen LogP contribution is 2.46. The minimum atomic E-state index is -3.35. The quantitative estimate of drug-likeness (QED) is 0.475. The summed E-state index contributed by atoms with van der Waals surface area (Å²) in [5.41, 5.74) is 7.87. The van der Waals surface area contributed by atoms with Gasteiger partial charge in [-0.1, -0.05) is 6.07 Å². The first kappa shape index (κ1) is 21.2. The van der Waals surface area contributed by atoms with E-state index in [0.29, 0.717) is 36.7 Å². The van der Waals surface area contributed by atoms with Gasteiger partial charge < -0.3 is 20.7 Å². The maximum atomic E-state index is 12.8. The molecule has 2 aliphatic heterocycles. The molecule has 31 heavy (non-hydrogen) atoms. The average Bonchev–Trinajstić information content (AvgIpc) is 2.76. The summed E-state index contributed by atoms with van der Waals surface area (Å²) in [5.74, 6) is 0.476. The molecule has 1 fully saturated rings. The van der Waals surface area contributed by atoms with Crippen molar-refractivity contribution >= 4 is 28.5 Å². The van der Waals surface area contributed by atoms with E-state index in [4.69, 9.17) is 10.5 Å². The summed E-state index contributed by atoms with van der Waals surface area (Å²) >= 11 is 0. The second kappa shape index (κ2) is 9.00. The molecule has 1 saturated heterocycles. The van der Waals surface area contributed by atoms with Crippen molar-refractivity contribution in [2.45, 2.75) is 31.8 Å². The van der Waals surface area contributed by atoms with Gasteiger partial charge >= 0.3 is 6.03 Å². The maximum Gasteiger partial charge on any atom is 0.318 e. The molecule has 2 aliphatic rings. The van der Waals surface area contributed by atoms with Crippen LogP contribution < -0.4 is 20.5 Å². The number of urea groups is 1. The van der Waals surface area contributed by atoms with Crippen molar-refractivity contribution in [3.63, 3.8) is 0 Å². The second-order valence-electron chi connectivity index (χ2n) is 7.44. The number of aromatic nitrogens is 1. The van der Waals surface area contributed by atoms with E-state index < -0.39 is 11.0 Å². The summed E-state index contributed by atoms with van der Waals surface area (Å²) in [6, 6.07) is 8.67. The Kier molecular flexibility index (Phi) is 6.16. The predicted molar refractivity (Wildman–Crippen MR) is 120 cm³/mol. The van der Waals surface area contributed by atoms with Crippen LogP contribution in [0.2, 0.25) is 0 Å². The van der Waals surface area contributed by atoms with Crippen LogP contribution in [0.5, 0.6) is 5.75 Å². The number of likely N-dealkylation sites (tertiary alicyclic amines) is 1. The van der Waals surface area contributed by atoms with Crippen LogP contribution in [0, 0.1) is 0 Å². The molecule has 3 heterocycles. The first-order valence-corrected chi connectivity index (χ1v) is 11.5. The fourth-order valence-corrected chi connectivity index (χ4v) is 4.64. The summed E-state index contributed by atoms with van der Waals surface area (Å²) in [5, 5.41) is 2.96. The Hall–Kier alpha value is -3.02. The third-order valence-electron chi connectivity index (χ3n) is 5.27. The molecule has 0 spiro atoms. The lowest BCUT2D eigenvalue weighted by atomic mass is 10.0. The molecule has 6 N–H and O–H groups in total. The molecule has 0 saturated carbocycles. The molecular formula is C20H26N6O4S. The number of amidine groups is 1. The lowest BCUT2D eigenvalue weighted by molar-refractivity contribution is 0.116. The predicted octanol–water partition coefficient (Wildman–Crippen LogP) is 2.94. The number of piperidine rings is 1. The van der Waals surface area contributed by atoms with E-state index in [9.17, 15) is 13.9 Å². The molecule has 1 aromatic carbocycles. The molecule has 0 unspecified atom stereocenters. The normalized spacial score (nSPS) is 20.6. The molecule has 166 valence electrons. The largest absolute Gasteiger partial charge is 0.491 e. The number of pyridine rings is 1. The molecule has 10 nitrogen and oxygen atoms in total. The van der Waals surface area contributed by atoms with Gasteiger partial charge in [-0.15, -0.1) is 4.40 Å².